The predicted molar refractivity (Wildman–Crippen MR) is 27.2 cm³/mol. The van der Waals surface area contributed by atoms with Gasteiger partial charge in [-0.05, 0) is 0 Å². The molecule has 9 heavy (non-hydrogen) atoms. The Morgan fingerprint density at radius 1 is 1.44 bits per heavy atom. The fraction of sp³-hybridized carbons (Fsp3) is 0. The Labute approximate surface area is 79.6 Å². The van der Waals surface area contributed by atoms with E-state index in [9.17, 15) is 0 Å². The number of rotatable bonds is 0. The molecule has 0 radical (unpaired) electrons. The fourth-order valence-corrected chi connectivity index (χ4v) is 0. The zero-order valence-corrected chi connectivity index (χ0v) is 8.26. The molecule has 0 aromatic carbocycles. The van der Waals surface area contributed by atoms with Gasteiger partial charge in [0.15, 0.2) is 0 Å². The third-order valence-corrected chi connectivity index (χ3v) is 0. The van der Waals surface area contributed by atoms with Crippen molar-refractivity contribution < 1.29 is 48.8 Å². The van der Waals surface area contributed by atoms with Crippen molar-refractivity contribution in [1.29, 1.82) is 5.26 Å². The molecule has 0 spiro atoms. The molecule has 0 aromatic rings. The molecule has 0 atom stereocenters. The molecule has 0 aliphatic heterocycles. The van der Waals surface area contributed by atoms with E-state index in [0.29, 0.717) is 0 Å². The molecule has 0 fully saturated rings. The fourth-order valence-electron chi connectivity index (χ4n) is 0. The number of hydrogen-bond acceptors (Lipinski definition) is 3. The normalized spacial score (nSPS) is 7.33. The van der Waals surface area contributed by atoms with Crippen molar-refractivity contribution in [1.82, 2.24) is 0 Å². The SMILES string of the molecule is N#C[S-].O=P(O)(O)O.[Na+]. The van der Waals surface area contributed by atoms with Crippen LogP contribution in [0, 0.1) is 10.7 Å². The molecule has 5 nitrogen and oxygen atoms in total. The number of phosphoric acid groups is 1. The van der Waals surface area contributed by atoms with Crippen LogP contribution in [-0.4, -0.2) is 14.7 Å². The molecule has 0 aliphatic rings. The van der Waals surface area contributed by atoms with Crippen molar-refractivity contribution in [3.05, 3.63) is 0 Å². The minimum Gasteiger partial charge on any atom is -0.696 e. The third kappa shape index (κ3) is 610. The van der Waals surface area contributed by atoms with Gasteiger partial charge >= 0.3 is 37.4 Å². The molecule has 0 aromatic heterocycles. The van der Waals surface area contributed by atoms with Crippen molar-refractivity contribution in [3.63, 3.8) is 0 Å². The Morgan fingerprint density at radius 2 is 1.44 bits per heavy atom. The van der Waals surface area contributed by atoms with E-state index in [2.05, 4.69) is 12.6 Å². The summed E-state index contributed by atoms with van der Waals surface area (Å²) in [7, 11) is -4.64. The maximum atomic E-state index is 8.88. The van der Waals surface area contributed by atoms with Gasteiger partial charge in [-0.1, -0.05) is 5.40 Å². The van der Waals surface area contributed by atoms with Crippen molar-refractivity contribution in [3.8, 4) is 5.40 Å². The van der Waals surface area contributed by atoms with Crippen molar-refractivity contribution in [2.75, 3.05) is 0 Å². The Morgan fingerprint density at radius 3 is 1.44 bits per heavy atom. The number of nitriles is 1. The molecule has 0 unspecified atom stereocenters. The maximum absolute atomic E-state index is 8.88. The molecule has 8 heteroatoms. The van der Waals surface area contributed by atoms with Crippen molar-refractivity contribution in [2.45, 2.75) is 0 Å². The molecule has 3 N–H and O–H groups in total. The van der Waals surface area contributed by atoms with Gasteiger partial charge in [0.05, 0.1) is 0 Å². The number of hydrogen-bond donors (Lipinski definition) is 3. The van der Waals surface area contributed by atoms with Crippen LogP contribution in [0.5, 0.6) is 0 Å². The van der Waals surface area contributed by atoms with E-state index in [1.165, 1.54) is 5.40 Å². The van der Waals surface area contributed by atoms with Crippen LogP contribution in [0.2, 0.25) is 0 Å². The van der Waals surface area contributed by atoms with Gasteiger partial charge in [-0.3, -0.25) is 0 Å². The summed E-state index contributed by atoms with van der Waals surface area (Å²) in [5.74, 6) is 0. The van der Waals surface area contributed by atoms with E-state index < -0.39 is 7.82 Å². The summed E-state index contributed by atoms with van der Waals surface area (Å²) >= 11 is 3.70. The van der Waals surface area contributed by atoms with Gasteiger partial charge in [0.2, 0.25) is 0 Å². The summed E-state index contributed by atoms with van der Waals surface area (Å²) in [4.78, 5) is 21.6. The van der Waals surface area contributed by atoms with Crippen LogP contribution < -0.4 is 29.6 Å². The molecular weight excluding hydrogens is 176 g/mol. The first-order valence-electron chi connectivity index (χ1n) is 1.21. The molecule has 0 aliphatic carbocycles. The van der Waals surface area contributed by atoms with Crippen LogP contribution in [0.25, 0.3) is 0 Å². The molecule has 48 valence electrons. The first kappa shape index (κ1) is 16.4. The van der Waals surface area contributed by atoms with E-state index in [1.54, 1.807) is 0 Å². The van der Waals surface area contributed by atoms with E-state index >= 15 is 0 Å². The van der Waals surface area contributed by atoms with Crippen molar-refractivity contribution >= 4 is 20.5 Å². The zero-order valence-electron chi connectivity index (χ0n) is 4.55. The van der Waals surface area contributed by atoms with Crippen LogP contribution in [-0.2, 0) is 17.2 Å². The molecule has 0 amide bonds. The van der Waals surface area contributed by atoms with E-state index in [-0.39, 0.29) is 29.6 Å². The first-order chi connectivity index (χ1) is 3.41. The summed E-state index contributed by atoms with van der Waals surface area (Å²) in [6.07, 6.45) is 0. The quantitative estimate of drug-likeness (QED) is 0.152. The van der Waals surface area contributed by atoms with Gasteiger partial charge < -0.3 is 27.3 Å². The molecule has 0 bridgehead atoms. The molecule has 0 saturated heterocycles. The van der Waals surface area contributed by atoms with Gasteiger partial charge in [0.25, 0.3) is 0 Å². The Hall–Kier alpha value is 0.820. The summed E-state index contributed by atoms with van der Waals surface area (Å²) < 4.78 is 8.88. The minimum atomic E-state index is -4.64. The third-order valence-electron chi connectivity index (χ3n) is 0. The number of nitrogens with zero attached hydrogens (tertiary/aromatic N) is 1. The van der Waals surface area contributed by atoms with Gasteiger partial charge in [0, 0.05) is 0 Å². The molecular formula is CH3NNaO4PS. The van der Waals surface area contributed by atoms with Crippen LogP contribution >= 0.6 is 7.82 Å². The van der Waals surface area contributed by atoms with Crippen molar-refractivity contribution in [2.24, 2.45) is 0 Å². The second kappa shape index (κ2) is 8.82. The second-order valence-electron chi connectivity index (χ2n) is 0.605. The number of thiocyanates is 1. The summed E-state index contributed by atoms with van der Waals surface area (Å²) in [6.45, 7) is 0. The minimum absolute atomic E-state index is 0. The largest absolute Gasteiger partial charge is 1.00 e. The van der Waals surface area contributed by atoms with Gasteiger partial charge in [-0.25, -0.2) is 9.83 Å². The summed E-state index contributed by atoms with van der Waals surface area (Å²) in [6, 6.07) is 0. The van der Waals surface area contributed by atoms with E-state index in [1.807, 2.05) is 0 Å². The summed E-state index contributed by atoms with van der Waals surface area (Å²) in [5, 5.41) is 8.47. The van der Waals surface area contributed by atoms with E-state index in [0.717, 1.165) is 0 Å². The van der Waals surface area contributed by atoms with Crippen LogP contribution in [0.3, 0.4) is 0 Å². The Kier molecular flexibility index (Phi) is 16.1. The Bertz CT molecular complexity index is 119. The standard InChI is InChI=1S/CHNS.Na.H3O4P/c2-1-3;;1-5(2,3)4/h3H;;(H3,1,2,3,4)/q;+1;/p-1. The zero-order chi connectivity index (χ0) is 7.21. The monoisotopic (exact) mass is 179 g/mol. The summed E-state index contributed by atoms with van der Waals surface area (Å²) in [5.41, 5.74) is 0. The topological polar surface area (TPSA) is 102 Å². The molecule has 0 rings (SSSR count). The van der Waals surface area contributed by atoms with E-state index in [4.69, 9.17) is 24.5 Å². The van der Waals surface area contributed by atoms with Gasteiger partial charge in [-0.2, -0.15) is 0 Å². The van der Waals surface area contributed by atoms with Gasteiger partial charge in [0.1, 0.15) is 0 Å². The average Bonchev–Trinajstić information content (AvgIpc) is 1.27. The predicted octanol–water partition coefficient (Wildman–Crippen LogP) is -3.91. The average molecular weight is 179 g/mol. The van der Waals surface area contributed by atoms with Crippen LogP contribution in [0.1, 0.15) is 0 Å². The Balaban J connectivity index is -0.0000000800. The maximum Gasteiger partial charge on any atom is 1.00 e. The van der Waals surface area contributed by atoms with Gasteiger partial charge in [-0.15, -0.1) is 0 Å². The van der Waals surface area contributed by atoms with Crippen LogP contribution in [0.4, 0.5) is 0 Å². The smallest absolute Gasteiger partial charge is 0.696 e. The van der Waals surface area contributed by atoms with Crippen LogP contribution in [0.15, 0.2) is 0 Å². The molecule has 0 heterocycles. The first-order valence-corrected chi connectivity index (χ1v) is 3.18. The molecule has 0 saturated carbocycles. The second-order valence-corrected chi connectivity index (χ2v) is 1.81.